The predicted octanol–water partition coefficient (Wildman–Crippen LogP) is 3.06. The van der Waals surface area contributed by atoms with E-state index in [4.69, 9.17) is 16.0 Å². The minimum absolute atomic E-state index is 0. The third kappa shape index (κ3) is 2.46. The maximum Gasteiger partial charge on any atom is 0.226 e. The Morgan fingerprint density at radius 2 is 2.24 bits per heavy atom. The fourth-order valence-electron chi connectivity index (χ4n) is 1.87. The van der Waals surface area contributed by atoms with Crippen LogP contribution in [-0.4, -0.2) is 11.5 Å². The highest BCUT2D eigenvalue weighted by Crippen LogP contribution is 2.25. The molecule has 0 unspecified atom stereocenters. The minimum atomic E-state index is 0. The zero-order chi connectivity index (χ0) is 11.0. The molecule has 0 spiro atoms. The Labute approximate surface area is 111 Å². The number of aromatic nitrogens is 1. The van der Waals surface area contributed by atoms with E-state index in [0.717, 1.165) is 36.5 Å². The van der Waals surface area contributed by atoms with Crippen molar-refractivity contribution in [2.45, 2.75) is 13.0 Å². The highest BCUT2D eigenvalue weighted by molar-refractivity contribution is 6.30. The van der Waals surface area contributed by atoms with E-state index in [9.17, 15) is 0 Å². The van der Waals surface area contributed by atoms with Gasteiger partial charge in [-0.15, -0.1) is 12.4 Å². The first-order chi connectivity index (χ1) is 7.83. The molecule has 1 aromatic carbocycles. The van der Waals surface area contributed by atoms with Crippen LogP contribution in [0.5, 0.6) is 0 Å². The van der Waals surface area contributed by atoms with Gasteiger partial charge in [-0.2, -0.15) is 0 Å². The normalized spacial score (nSPS) is 13.9. The van der Waals surface area contributed by atoms with Crippen LogP contribution in [0.25, 0.3) is 11.5 Å². The molecule has 2 heterocycles. The Hall–Kier alpha value is -1.03. The van der Waals surface area contributed by atoms with E-state index in [1.54, 1.807) is 0 Å². The molecule has 0 radical (unpaired) electrons. The number of hydrogen-bond acceptors (Lipinski definition) is 3. The van der Waals surface area contributed by atoms with Crippen molar-refractivity contribution in [3.05, 3.63) is 40.7 Å². The summed E-state index contributed by atoms with van der Waals surface area (Å²) in [4.78, 5) is 4.47. The molecule has 0 fully saturated rings. The topological polar surface area (TPSA) is 38.1 Å². The van der Waals surface area contributed by atoms with Crippen molar-refractivity contribution in [1.29, 1.82) is 0 Å². The third-order valence-corrected chi connectivity index (χ3v) is 2.91. The van der Waals surface area contributed by atoms with E-state index >= 15 is 0 Å². The average molecular weight is 271 g/mol. The summed E-state index contributed by atoms with van der Waals surface area (Å²) in [5, 5.41) is 3.97. The second-order valence-electron chi connectivity index (χ2n) is 3.83. The number of nitrogens with zero attached hydrogens (tertiary/aromatic N) is 1. The molecule has 1 aliphatic heterocycles. The van der Waals surface area contributed by atoms with Crippen LogP contribution in [0.1, 0.15) is 11.5 Å². The quantitative estimate of drug-likeness (QED) is 0.866. The van der Waals surface area contributed by atoms with E-state index in [1.165, 1.54) is 0 Å². The number of benzene rings is 1. The van der Waals surface area contributed by atoms with Crippen LogP contribution in [-0.2, 0) is 13.0 Å². The predicted molar refractivity (Wildman–Crippen MR) is 69.6 cm³/mol. The van der Waals surface area contributed by atoms with E-state index in [2.05, 4.69) is 10.3 Å². The Morgan fingerprint density at radius 3 is 3.00 bits per heavy atom. The van der Waals surface area contributed by atoms with E-state index in [0.29, 0.717) is 10.9 Å². The molecular formula is C12H12Cl2N2O. The lowest BCUT2D eigenvalue weighted by molar-refractivity contribution is 0.483. The van der Waals surface area contributed by atoms with Crippen LogP contribution < -0.4 is 5.32 Å². The van der Waals surface area contributed by atoms with Gasteiger partial charge in [-0.05, 0) is 18.2 Å². The van der Waals surface area contributed by atoms with E-state index < -0.39 is 0 Å². The number of oxazole rings is 1. The minimum Gasteiger partial charge on any atom is -0.441 e. The Kier molecular flexibility index (Phi) is 3.72. The summed E-state index contributed by atoms with van der Waals surface area (Å²) in [7, 11) is 0. The molecule has 5 heteroatoms. The molecule has 0 aliphatic carbocycles. The van der Waals surface area contributed by atoms with Crippen molar-refractivity contribution in [3.63, 3.8) is 0 Å². The van der Waals surface area contributed by atoms with Gasteiger partial charge in [-0.1, -0.05) is 17.7 Å². The molecule has 0 atom stereocenters. The fraction of sp³-hybridized carbons (Fsp3) is 0.250. The summed E-state index contributed by atoms with van der Waals surface area (Å²) in [5.74, 6) is 1.66. The zero-order valence-corrected chi connectivity index (χ0v) is 10.6. The van der Waals surface area contributed by atoms with Gasteiger partial charge in [0.1, 0.15) is 5.76 Å². The first-order valence-corrected chi connectivity index (χ1v) is 5.66. The van der Waals surface area contributed by atoms with Crippen molar-refractivity contribution in [1.82, 2.24) is 10.3 Å². The molecule has 0 bridgehead atoms. The highest BCUT2D eigenvalue weighted by Gasteiger charge is 2.17. The standard InChI is InChI=1S/C12H11ClN2O.ClH/c13-9-3-1-2-8(6-9)12-15-10-7-14-5-4-11(10)16-12;/h1-3,6,14H,4-5,7H2;1H. The molecule has 0 amide bonds. The number of hydrogen-bond donors (Lipinski definition) is 1. The van der Waals surface area contributed by atoms with Crippen molar-refractivity contribution in [3.8, 4) is 11.5 Å². The molecule has 3 nitrogen and oxygen atoms in total. The molecule has 3 rings (SSSR count). The Balaban J connectivity index is 0.00000108. The summed E-state index contributed by atoms with van der Waals surface area (Å²) >= 11 is 5.94. The largest absolute Gasteiger partial charge is 0.441 e. The number of rotatable bonds is 1. The van der Waals surface area contributed by atoms with Crippen LogP contribution in [0.15, 0.2) is 28.7 Å². The summed E-state index contributed by atoms with van der Waals surface area (Å²) in [6.07, 6.45) is 0.906. The van der Waals surface area contributed by atoms with Crippen molar-refractivity contribution >= 4 is 24.0 Å². The first-order valence-electron chi connectivity index (χ1n) is 5.28. The van der Waals surface area contributed by atoms with Crippen molar-refractivity contribution in [2.24, 2.45) is 0 Å². The van der Waals surface area contributed by atoms with Gasteiger partial charge in [-0.25, -0.2) is 4.98 Å². The van der Waals surface area contributed by atoms with Crippen LogP contribution in [0.4, 0.5) is 0 Å². The Morgan fingerprint density at radius 1 is 1.35 bits per heavy atom. The molecule has 90 valence electrons. The molecule has 1 aromatic heterocycles. The van der Waals surface area contributed by atoms with Gasteiger partial charge in [0.2, 0.25) is 5.89 Å². The number of nitrogens with one attached hydrogen (secondary N) is 1. The molecule has 2 aromatic rings. The molecule has 0 saturated carbocycles. The third-order valence-electron chi connectivity index (χ3n) is 2.67. The van der Waals surface area contributed by atoms with Gasteiger partial charge in [0.25, 0.3) is 0 Å². The van der Waals surface area contributed by atoms with Crippen LogP contribution in [0, 0.1) is 0 Å². The molecule has 1 aliphatic rings. The second-order valence-corrected chi connectivity index (χ2v) is 4.26. The molecule has 1 N–H and O–H groups in total. The summed E-state index contributed by atoms with van der Waals surface area (Å²) in [6.45, 7) is 1.75. The highest BCUT2D eigenvalue weighted by atomic mass is 35.5. The van der Waals surface area contributed by atoms with Crippen LogP contribution in [0.2, 0.25) is 5.02 Å². The average Bonchev–Trinajstić information content (AvgIpc) is 2.72. The van der Waals surface area contributed by atoms with Gasteiger partial charge < -0.3 is 9.73 Å². The van der Waals surface area contributed by atoms with Gasteiger partial charge in [0.05, 0.1) is 5.69 Å². The first kappa shape index (κ1) is 12.4. The van der Waals surface area contributed by atoms with Crippen molar-refractivity contribution < 1.29 is 4.42 Å². The zero-order valence-electron chi connectivity index (χ0n) is 9.07. The molecular weight excluding hydrogens is 259 g/mol. The molecule has 17 heavy (non-hydrogen) atoms. The lowest BCUT2D eigenvalue weighted by Gasteiger charge is -2.08. The SMILES string of the molecule is Cl.Clc1cccc(-c2nc3c(o2)CCNC3)c1. The smallest absolute Gasteiger partial charge is 0.226 e. The van der Waals surface area contributed by atoms with Gasteiger partial charge in [-0.3, -0.25) is 0 Å². The summed E-state index contributed by atoms with van der Waals surface area (Å²) < 4.78 is 5.74. The molecule has 0 saturated heterocycles. The van der Waals surface area contributed by atoms with Gasteiger partial charge in [0.15, 0.2) is 0 Å². The second kappa shape index (κ2) is 5.08. The van der Waals surface area contributed by atoms with Gasteiger partial charge in [0, 0.05) is 30.1 Å². The van der Waals surface area contributed by atoms with Crippen LogP contribution >= 0.6 is 24.0 Å². The summed E-state index contributed by atoms with van der Waals surface area (Å²) in [5.41, 5.74) is 1.95. The van der Waals surface area contributed by atoms with E-state index in [-0.39, 0.29) is 12.4 Å². The van der Waals surface area contributed by atoms with Gasteiger partial charge >= 0.3 is 0 Å². The Bertz CT molecular complexity index is 501. The lowest BCUT2D eigenvalue weighted by atomic mass is 10.2. The maximum atomic E-state index is 5.94. The lowest BCUT2D eigenvalue weighted by Crippen LogP contribution is -2.22. The summed E-state index contributed by atoms with van der Waals surface area (Å²) in [6, 6.07) is 7.57. The van der Waals surface area contributed by atoms with Crippen molar-refractivity contribution in [2.75, 3.05) is 6.54 Å². The van der Waals surface area contributed by atoms with Crippen LogP contribution in [0.3, 0.4) is 0 Å². The monoisotopic (exact) mass is 270 g/mol. The van der Waals surface area contributed by atoms with E-state index in [1.807, 2.05) is 24.3 Å². The number of halogens is 2. The fourth-order valence-corrected chi connectivity index (χ4v) is 2.06. The number of fused-ring (bicyclic) bond motifs is 1. The maximum absolute atomic E-state index is 5.94.